The molecule has 0 bridgehead atoms. The summed E-state index contributed by atoms with van der Waals surface area (Å²) in [5.41, 5.74) is 3.58. The van der Waals surface area contributed by atoms with Crippen molar-refractivity contribution in [1.82, 2.24) is 14.9 Å². The highest BCUT2D eigenvalue weighted by Gasteiger charge is 2.19. The molecule has 4 aromatic rings. The van der Waals surface area contributed by atoms with Crippen LogP contribution in [0.25, 0.3) is 22.0 Å². The fourth-order valence-corrected chi connectivity index (χ4v) is 4.54. The van der Waals surface area contributed by atoms with E-state index >= 15 is 0 Å². The summed E-state index contributed by atoms with van der Waals surface area (Å²) in [4.78, 5) is 11.4. The molecule has 3 aromatic carbocycles. The zero-order valence-electron chi connectivity index (χ0n) is 18.7. The summed E-state index contributed by atoms with van der Waals surface area (Å²) < 4.78 is 20.0. The van der Waals surface area contributed by atoms with Gasteiger partial charge in [-0.15, -0.1) is 0 Å². The van der Waals surface area contributed by atoms with Gasteiger partial charge in [0.15, 0.2) is 0 Å². The van der Waals surface area contributed by atoms with E-state index < -0.39 is 0 Å². The lowest BCUT2D eigenvalue weighted by atomic mass is 9.93. The third-order valence-electron chi connectivity index (χ3n) is 6.46. The van der Waals surface area contributed by atoms with Gasteiger partial charge < -0.3 is 4.74 Å². The average Bonchev–Trinajstić information content (AvgIpc) is 2.86. The van der Waals surface area contributed by atoms with Crippen molar-refractivity contribution in [2.24, 2.45) is 5.92 Å². The van der Waals surface area contributed by atoms with Crippen molar-refractivity contribution in [1.29, 1.82) is 0 Å². The van der Waals surface area contributed by atoms with Crippen molar-refractivity contribution in [3.63, 3.8) is 0 Å². The minimum atomic E-state index is -0.233. The Bertz CT molecular complexity index is 1210. The van der Waals surface area contributed by atoms with Gasteiger partial charge in [0.05, 0.1) is 12.1 Å². The molecule has 1 fully saturated rings. The highest BCUT2D eigenvalue weighted by Crippen LogP contribution is 2.26. The average molecular weight is 442 g/mol. The van der Waals surface area contributed by atoms with Crippen molar-refractivity contribution in [3.8, 4) is 17.1 Å². The summed E-state index contributed by atoms with van der Waals surface area (Å²) in [6, 6.07) is 23.6. The molecular formula is C28H28FN3O. The molecule has 5 heteroatoms. The Hall–Kier alpha value is -3.31. The Morgan fingerprint density at radius 3 is 2.55 bits per heavy atom. The highest BCUT2D eigenvalue weighted by molar-refractivity contribution is 5.84. The minimum absolute atomic E-state index is 0.233. The first-order valence-corrected chi connectivity index (χ1v) is 11.7. The number of nitrogens with zero attached hydrogens (tertiary/aromatic N) is 3. The molecule has 0 atom stereocenters. The van der Waals surface area contributed by atoms with E-state index in [-0.39, 0.29) is 5.82 Å². The van der Waals surface area contributed by atoms with Crippen molar-refractivity contribution < 1.29 is 9.13 Å². The third kappa shape index (κ3) is 5.37. The van der Waals surface area contributed by atoms with Crippen LogP contribution in [0.3, 0.4) is 0 Å². The Balaban J connectivity index is 1.12. The van der Waals surface area contributed by atoms with E-state index in [9.17, 15) is 4.39 Å². The molecule has 33 heavy (non-hydrogen) atoms. The van der Waals surface area contributed by atoms with Crippen LogP contribution in [0, 0.1) is 11.7 Å². The van der Waals surface area contributed by atoms with Crippen LogP contribution in [0.15, 0.2) is 79.0 Å². The second kappa shape index (κ2) is 10.1. The quantitative estimate of drug-likeness (QED) is 0.346. The summed E-state index contributed by atoms with van der Waals surface area (Å²) in [6.45, 7) is 3.93. The summed E-state index contributed by atoms with van der Waals surface area (Å²) in [5, 5.41) is 0.869. The number of rotatable bonds is 7. The van der Waals surface area contributed by atoms with E-state index in [1.54, 1.807) is 18.3 Å². The molecule has 5 rings (SSSR count). The summed E-state index contributed by atoms with van der Waals surface area (Å²) in [6.07, 6.45) is 5.18. The maximum Gasteiger partial charge on any atom is 0.316 e. The Kier molecular flexibility index (Phi) is 6.58. The molecule has 1 aliphatic rings. The monoisotopic (exact) mass is 441 g/mol. The van der Waals surface area contributed by atoms with Crippen LogP contribution in [0.4, 0.5) is 4.39 Å². The molecule has 0 saturated carbocycles. The van der Waals surface area contributed by atoms with Crippen LogP contribution < -0.4 is 4.74 Å². The van der Waals surface area contributed by atoms with E-state index in [2.05, 4.69) is 45.2 Å². The molecule has 0 spiro atoms. The van der Waals surface area contributed by atoms with Gasteiger partial charge in [0, 0.05) is 23.7 Å². The van der Waals surface area contributed by atoms with Crippen LogP contribution in [0.2, 0.25) is 0 Å². The maximum atomic E-state index is 14.1. The van der Waals surface area contributed by atoms with Crippen LogP contribution in [0.5, 0.6) is 6.01 Å². The lowest BCUT2D eigenvalue weighted by Gasteiger charge is -2.31. The van der Waals surface area contributed by atoms with Crippen molar-refractivity contribution in [2.45, 2.75) is 25.8 Å². The lowest BCUT2D eigenvalue weighted by molar-refractivity contribution is 0.155. The zero-order chi connectivity index (χ0) is 22.5. The van der Waals surface area contributed by atoms with E-state index in [1.165, 1.54) is 24.5 Å². The van der Waals surface area contributed by atoms with Gasteiger partial charge in [-0.05, 0) is 67.6 Å². The second-order valence-electron chi connectivity index (χ2n) is 8.75. The fourth-order valence-electron chi connectivity index (χ4n) is 4.54. The Morgan fingerprint density at radius 2 is 1.73 bits per heavy atom. The predicted octanol–water partition coefficient (Wildman–Crippen LogP) is 6.12. The Morgan fingerprint density at radius 1 is 0.939 bits per heavy atom. The first kappa shape index (κ1) is 21.5. The summed E-state index contributed by atoms with van der Waals surface area (Å²) in [7, 11) is 0. The number of halogens is 1. The van der Waals surface area contributed by atoms with Gasteiger partial charge >= 0.3 is 6.01 Å². The number of benzene rings is 3. The zero-order valence-corrected chi connectivity index (χ0v) is 18.7. The molecule has 0 amide bonds. The van der Waals surface area contributed by atoms with Crippen LogP contribution >= 0.6 is 0 Å². The molecule has 168 valence electrons. The number of hydrogen-bond acceptors (Lipinski definition) is 4. The van der Waals surface area contributed by atoms with E-state index in [0.717, 1.165) is 42.5 Å². The third-order valence-corrected chi connectivity index (χ3v) is 6.46. The topological polar surface area (TPSA) is 38.2 Å². The van der Waals surface area contributed by atoms with Gasteiger partial charge in [-0.25, -0.2) is 9.37 Å². The van der Waals surface area contributed by atoms with Gasteiger partial charge in [0.25, 0.3) is 0 Å². The molecule has 0 radical (unpaired) electrons. The first-order chi connectivity index (χ1) is 16.2. The van der Waals surface area contributed by atoms with Crippen LogP contribution in [0.1, 0.15) is 24.8 Å². The van der Waals surface area contributed by atoms with Crippen molar-refractivity contribution >= 4 is 10.9 Å². The number of hydrogen-bond donors (Lipinski definition) is 0. The summed E-state index contributed by atoms with van der Waals surface area (Å²) in [5.74, 6) is 0.449. The smallest absolute Gasteiger partial charge is 0.316 e. The fraction of sp³-hybridized carbons (Fsp3) is 0.286. The number of fused-ring (bicyclic) bond motifs is 1. The minimum Gasteiger partial charge on any atom is -0.463 e. The number of ether oxygens (including phenoxy) is 1. The van der Waals surface area contributed by atoms with E-state index in [0.29, 0.717) is 24.1 Å². The maximum absolute atomic E-state index is 14.1. The highest BCUT2D eigenvalue weighted by atomic mass is 19.1. The normalized spacial score (nSPS) is 15.1. The second-order valence-corrected chi connectivity index (χ2v) is 8.75. The van der Waals surface area contributed by atoms with E-state index in [1.807, 2.05) is 24.3 Å². The number of piperidine rings is 1. The van der Waals surface area contributed by atoms with Crippen LogP contribution in [-0.4, -0.2) is 34.6 Å². The van der Waals surface area contributed by atoms with Gasteiger partial charge in [0.1, 0.15) is 5.82 Å². The SMILES string of the molecule is Fc1ccccc1-c1ccc2nc(OCCC3CCN(Cc4ccccc4)CC3)ncc2c1. The molecule has 0 N–H and O–H groups in total. The molecule has 0 unspecified atom stereocenters. The van der Waals surface area contributed by atoms with Gasteiger partial charge in [-0.1, -0.05) is 54.6 Å². The number of likely N-dealkylation sites (tertiary alicyclic amines) is 1. The van der Waals surface area contributed by atoms with Gasteiger partial charge in [0.2, 0.25) is 0 Å². The van der Waals surface area contributed by atoms with E-state index in [4.69, 9.17) is 4.74 Å². The molecular weight excluding hydrogens is 413 g/mol. The molecule has 1 aliphatic heterocycles. The number of aromatic nitrogens is 2. The molecule has 0 aliphatic carbocycles. The Labute approximate surface area is 194 Å². The summed E-state index contributed by atoms with van der Waals surface area (Å²) >= 11 is 0. The largest absolute Gasteiger partial charge is 0.463 e. The molecule has 4 nitrogen and oxygen atoms in total. The van der Waals surface area contributed by atoms with Gasteiger partial charge in [-0.3, -0.25) is 4.90 Å². The predicted molar refractivity (Wildman–Crippen MR) is 129 cm³/mol. The standard InChI is InChI=1S/C28H28FN3O/c29-26-9-5-4-8-25(26)23-10-11-27-24(18-23)19-30-28(31-27)33-17-14-21-12-15-32(16-13-21)20-22-6-2-1-3-7-22/h1-11,18-19,21H,12-17,20H2. The molecule has 2 heterocycles. The van der Waals surface area contributed by atoms with Crippen molar-refractivity contribution in [3.05, 3.63) is 90.4 Å². The molecule has 1 aromatic heterocycles. The lowest BCUT2D eigenvalue weighted by Crippen LogP contribution is -2.33. The molecule has 1 saturated heterocycles. The van der Waals surface area contributed by atoms with Crippen LogP contribution in [-0.2, 0) is 6.54 Å². The van der Waals surface area contributed by atoms with Gasteiger partial charge in [-0.2, -0.15) is 4.98 Å². The first-order valence-electron chi connectivity index (χ1n) is 11.7. The van der Waals surface area contributed by atoms with Crippen molar-refractivity contribution in [2.75, 3.05) is 19.7 Å².